The maximum atomic E-state index is 13.4. The number of rotatable bonds is 10. The Morgan fingerprint density at radius 3 is 1.30 bits per heavy atom. The van der Waals surface area contributed by atoms with E-state index < -0.39 is 40.7 Å². The van der Waals surface area contributed by atoms with Gasteiger partial charge in [-0.25, -0.2) is 26.3 Å². The first-order valence-electron chi connectivity index (χ1n) is 19.0. The molecular weight excluding hydrogens is 1540 g/mol. The standard InChI is InChI=1S/C10H7Cl2FO2.C9H6Cl2FIO.C7H4Cl2FIO.C7H6Cl2FNO.C7H8FNO.C6H2Cl2FIO/c1-2-3-15-8-4-7(11)6(5-14)9(12)10(8)13;1-2-3-14-6-4-5(10)9(13)7(11)8(6)12;2*1-12-4-2-3(8)7(11)5(9)6(4)10;1-10-7-3-2-5(9)4-6(7)8;7-2-1-3(11)5(9)4(8)6(2)10/h2,4-5H,1,3H2;2,4H,1,3H2;2H,1H3;2H,11H2,1H3;2-4H,9H2,1H3;1,11H. The molecule has 0 unspecified atom stereocenters. The molecule has 402 valence electrons. The lowest BCUT2D eigenvalue weighted by atomic mass is 10.2. The Balaban J connectivity index is 0.000000446. The fourth-order valence-electron chi connectivity index (χ4n) is 4.43. The predicted octanol–water partition coefficient (Wildman–Crippen LogP) is 19.1. The summed E-state index contributed by atoms with van der Waals surface area (Å²) >= 11 is 61.8. The molecule has 0 aliphatic rings. The van der Waals surface area contributed by atoms with Gasteiger partial charge in [0.2, 0.25) is 0 Å². The van der Waals surface area contributed by atoms with Crippen molar-refractivity contribution in [2.24, 2.45) is 0 Å². The normalized spacial score (nSPS) is 9.92. The number of carbonyl (C=O) groups excluding carboxylic acids is 1. The van der Waals surface area contributed by atoms with E-state index in [0.29, 0.717) is 32.7 Å². The number of nitrogen functional groups attached to an aromatic ring is 2. The van der Waals surface area contributed by atoms with Crippen molar-refractivity contribution in [1.29, 1.82) is 0 Å². The summed E-state index contributed by atoms with van der Waals surface area (Å²) in [4.78, 5) is 10.5. The first-order chi connectivity index (χ1) is 34.6. The molecule has 6 aromatic rings. The summed E-state index contributed by atoms with van der Waals surface area (Å²) in [5, 5.41) is 9.39. The number of aldehydes is 1. The second kappa shape index (κ2) is 34.4. The summed E-state index contributed by atoms with van der Waals surface area (Å²) in [6, 6.07) is 10.7. The number of benzene rings is 6. The number of hydrogen-bond donors (Lipinski definition) is 3. The first kappa shape index (κ1) is 69.6. The molecule has 0 heterocycles. The topological polar surface area (TPSA) is 135 Å². The molecule has 0 saturated carbocycles. The van der Waals surface area contributed by atoms with E-state index in [0.717, 1.165) is 6.07 Å². The van der Waals surface area contributed by atoms with Gasteiger partial charge in [-0.05, 0) is 79.9 Å². The molecule has 0 saturated heterocycles. The van der Waals surface area contributed by atoms with Crippen LogP contribution in [0.4, 0.5) is 37.7 Å². The average Bonchev–Trinajstić information content (AvgIpc) is 3.37. The number of carbonyl (C=O) groups is 1. The molecule has 0 spiro atoms. The smallest absolute Gasteiger partial charge is 0.185 e. The number of methoxy groups -OCH3 is 3. The average molecular weight is 1580 g/mol. The van der Waals surface area contributed by atoms with Crippen LogP contribution in [0.15, 0.2) is 73.8 Å². The van der Waals surface area contributed by atoms with Crippen LogP contribution in [0, 0.1) is 45.6 Å². The predicted molar refractivity (Wildman–Crippen MR) is 314 cm³/mol. The minimum absolute atomic E-state index is 0.0000463. The van der Waals surface area contributed by atoms with Gasteiger partial charge in [0.15, 0.2) is 75.7 Å². The van der Waals surface area contributed by atoms with Gasteiger partial charge in [0.25, 0.3) is 0 Å². The molecule has 74 heavy (non-hydrogen) atoms. The molecule has 6 rings (SSSR count). The van der Waals surface area contributed by atoms with Gasteiger partial charge < -0.3 is 40.3 Å². The van der Waals surface area contributed by atoms with Crippen LogP contribution in [-0.4, -0.2) is 45.9 Å². The molecule has 28 heteroatoms. The number of phenols is 1. The molecule has 0 aromatic heterocycles. The van der Waals surface area contributed by atoms with E-state index in [2.05, 4.69) is 22.6 Å². The van der Waals surface area contributed by atoms with Crippen molar-refractivity contribution < 1.29 is 59.9 Å². The molecular formula is C46H33Cl10F6I3N2O7. The molecule has 0 bridgehead atoms. The van der Waals surface area contributed by atoms with Gasteiger partial charge in [0.05, 0.1) is 88.5 Å². The van der Waals surface area contributed by atoms with Gasteiger partial charge in [0, 0.05) is 42.1 Å². The van der Waals surface area contributed by atoms with Crippen molar-refractivity contribution in [2.45, 2.75) is 0 Å². The van der Waals surface area contributed by atoms with Gasteiger partial charge in [-0.2, -0.15) is 0 Å². The number of phenolic OH excluding ortho intramolecular Hbond substituents is 1. The fourth-order valence-corrected chi connectivity index (χ4v) is 7.89. The molecule has 0 amide bonds. The number of anilines is 2. The van der Waals surface area contributed by atoms with Crippen LogP contribution in [0.25, 0.3) is 0 Å². The number of aromatic hydroxyl groups is 1. The Bertz CT molecular complexity index is 2870. The molecule has 0 aliphatic heterocycles. The van der Waals surface area contributed by atoms with Crippen molar-refractivity contribution in [1.82, 2.24) is 0 Å². The maximum absolute atomic E-state index is 13.4. The number of nitrogens with two attached hydrogens (primary N) is 2. The van der Waals surface area contributed by atoms with E-state index in [1.165, 1.54) is 69.9 Å². The monoisotopic (exact) mass is 1570 g/mol. The van der Waals surface area contributed by atoms with Crippen LogP contribution in [0.2, 0.25) is 50.2 Å². The summed E-state index contributed by atoms with van der Waals surface area (Å²) in [5.41, 5.74) is 11.0. The molecule has 0 radical (unpaired) electrons. The van der Waals surface area contributed by atoms with E-state index in [9.17, 15) is 31.1 Å². The highest BCUT2D eigenvalue weighted by Crippen LogP contribution is 2.39. The van der Waals surface area contributed by atoms with Crippen LogP contribution in [0.1, 0.15) is 10.4 Å². The minimum atomic E-state index is -0.833. The van der Waals surface area contributed by atoms with Gasteiger partial charge in [-0.3, -0.25) is 4.79 Å². The largest absolute Gasteiger partial charge is 0.505 e. The number of halogens is 19. The van der Waals surface area contributed by atoms with E-state index >= 15 is 0 Å². The highest BCUT2D eigenvalue weighted by Gasteiger charge is 2.19. The van der Waals surface area contributed by atoms with Crippen LogP contribution >= 0.6 is 184 Å². The Labute approximate surface area is 511 Å². The zero-order valence-electron chi connectivity index (χ0n) is 37.4. The molecule has 6 aromatic carbocycles. The minimum Gasteiger partial charge on any atom is -0.505 e. The molecule has 0 atom stereocenters. The first-order valence-corrected chi connectivity index (χ1v) is 26.0. The van der Waals surface area contributed by atoms with Gasteiger partial charge in [0.1, 0.15) is 18.2 Å². The Kier molecular flexibility index (Phi) is 32.4. The van der Waals surface area contributed by atoms with Crippen molar-refractivity contribution in [3.05, 3.63) is 175 Å². The van der Waals surface area contributed by atoms with Crippen LogP contribution in [-0.2, 0) is 0 Å². The van der Waals surface area contributed by atoms with Gasteiger partial charge in [-0.15, -0.1) is 0 Å². The molecule has 0 aliphatic carbocycles. The van der Waals surface area contributed by atoms with Crippen molar-refractivity contribution in [2.75, 3.05) is 46.0 Å². The van der Waals surface area contributed by atoms with Crippen LogP contribution in [0.3, 0.4) is 0 Å². The lowest BCUT2D eigenvalue weighted by Crippen LogP contribution is -1.98. The van der Waals surface area contributed by atoms with Crippen molar-refractivity contribution >= 4 is 201 Å². The number of hydrogen-bond acceptors (Lipinski definition) is 9. The van der Waals surface area contributed by atoms with Gasteiger partial charge >= 0.3 is 0 Å². The Morgan fingerprint density at radius 2 is 0.878 bits per heavy atom. The lowest BCUT2D eigenvalue weighted by molar-refractivity contribution is 0.112. The highest BCUT2D eigenvalue weighted by atomic mass is 127. The summed E-state index contributed by atoms with van der Waals surface area (Å²) in [7, 11) is 4.09. The third-order valence-corrected chi connectivity index (χ3v) is 16.6. The highest BCUT2D eigenvalue weighted by molar-refractivity contribution is 14.1. The van der Waals surface area contributed by atoms with Crippen molar-refractivity contribution in [3.63, 3.8) is 0 Å². The SMILES string of the molecule is C=CCOc1cc(Cl)c(C=O)c(Cl)c1F.C=CCOc1cc(Cl)c(I)c(Cl)c1F.COc1cc(Cl)c(I)c(Cl)c1F.COc1cc(Cl)c(N)c(Cl)c1F.COc1ccc(N)cc1F.Oc1cc(Cl)c(I)c(Cl)c1F. The zero-order valence-corrected chi connectivity index (χ0v) is 51.4. The second-order valence-electron chi connectivity index (χ2n) is 12.8. The zero-order chi connectivity index (χ0) is 56.9. The Hall–Kier alpha value is -2.46. The van der Waals surface area contributed by atoms with Crippen molar-refractivity contribution in [3.8, 4) is 34.5 Å². The molecule has 5 N–H and O–H groups in total. The molecule has 0 fully saturated rings. The van der Waals surface area contributed by atoms with Crippen LogP contribution in [0.5, 0.6) is 34.5 Å². The van der Waals surface area contributed by atoms with E-state index in [4.69, 9.17) is 147 Å². The molecule has 9 nitrogen and oxygen atoms in total. The summed E-state index contributed by atoms with van der Waals surface area (Å²) < 4.78 is 104. The number of ether oxygens (including phenoxy) is 5. The third-order valence-electron chi connectivity index (χ3n) is 7.99. The van der Waals surface area contributed by atoms with E-state index in [-0.39, 0.29) is 93.4 Å². The summed E-state index contributed by atoms with van der Waals surface area (Å²) in [6.07, 6.45) is 3.36. The summed E-state index contributed by atoms with van der Waals surface area (Å²) in [6.45, 7) is 7.21. The van der Waals surface area contributed by atoms with Gasteiger partial charge in [-0.1, -0.05) is 141 Å². The van der Waals surface area contributed by atoms with E-state index in [1.54, 1.807) is 28.7 Å². The fraction of sp³-hybridized carbons (Fsp3) is 0.109. The lowest BCUT2D eigenvalue weighted by Gasteiger charge is -2.08. The third kappa shape index (κ3) is 20.4. The second-order valence-corrected chi connectivity index (χ2v) is 20.0. The Morgan fingerprint density at radius 1 is 0.514 bits per heavy atom. The van der Waals surface area contributed by atoms with Crippen LogP contribution < -0.4 is 35.2 Å². The summed E-state index contributed by atoms with van der Waals surface area (Å²) in [5.74, 6) is -4.25. The van der Waals surface area contributed by atoms with E-state index in [1.807, 2.05) is 45.2 Å². The maximum Gasteiger partial charge on any atom is 0.185 e. The quantitative estimate of drug-likeness (QED) is 0.0233.